The molecule has 22 heavy (non-hydrogen) atoms. The zero-order chi connectivity index (χ0) is 16.7. The van der Waals surface area contributed by atoms with Crippen molar-refractivity contribution < 1.29 is 26.8 Å². The summed E-state index contributed by atoms with van der Waals surface area (Å²) < 4.78 is 46.2. The zero-order valence-electron chi connectivity index (χ0n) is 11.7. The molecular formula is C11H15FN2O7S. The molecule has 0 aromatic carbocycles. The van der Waals surface area contributed by atoms with E-state index in [-0.39, 0.29) is 5.56 Å². The number of nitrogens with one attached hydrogen (secondary N) is 1. The predicted octanol–water partition coefficient (Wildman–Crippen LogP) is -1.58. The molecule has 0 spiro atoms. The molecule has 0 saturated carbocycles. The highest BCUT2D eigenvalue weighted by atomic mass is 32.2. The van der Waals surface area contributed by atoms with Gasteiger partial charge in [0.2, 0.25) is 0 Å². The number of hydrogen-bond acceptors (Lipinski definition) is 7. The number of aliphatic hydroxyl groups excluding tert-OH is 1. The van der Waals surface area contributed by atoms with Crippen molar-refractivity contribution in [2.45, 2.75) is 31.5 Å². The average molecular weight is 338 g/mol. The van der Waals surface area contributed by atoms with Crippen LogP contribution in [-0.2, 0) is 19.0 Å². The summed E-state index contributed by atoms with van der Waals surface area (Å²) in [7, 11) is -3.80. The molecule has 1 saturated heterocycles. The first kappa shape index (κ1) is 16.8. The number of H-pyrrole nitrogens is 1. The summed E-state index contributed by atoms with van der Waals surface area (Å²) in [4.78, 5) is 25.0. The smallest absolute Gasteiger partial charge is 0.330 e. The zero-order valence-corrected chi connectivity index (χ0v) is 12.5. The lowest BCUT2D eigenvalue weighted by atomic mass is 10.1. The molecule has 2 heterocycles. The minimum atomic E-state index is -3.80. The van der Waals surface area contributed by atoms with Gasteiger partial charge in [0.15, 0.2) is 12.4 Å². The lowest BCUT2D eigenvalue weighted by molar-refractivity contribution is -0.0501. The SMILES string of the molecule is Cc1cn([C@@H]2O[C@H](COS(C)(=O)=O)C(F)C2O)c(=O)[nH]c1=O. The molecule has 0 bridgehead atoms. The minimum absolute atomic E-state index is 0.168. The maximum atomic E-state index is 14.0. The summed E-state index contributed by atoms with van der Waals surface area (Å²) in [6.45, 7) is 0.790. The second-order valence-corrected chi connectivity index (χ2v) is 6.61. The molecule has 2 N–H and O–H groups in total. The number of aromatic amines is 1. The summed E-state index contributed by atoms with van der Waals surface area (Å²) in [6, 6.07) is 0. The number of halogens is 1. The largest absolute Gasteiger partial charge is 0.385 e. The summed E-state index contributed by atoms with van der Waals surface area (Å²) in [6.07, 6.45) is -4.51. The first-order valence-corrected chi connectivity index (χ1v) is 8.06. The van der Waals surface area contributed by atoms with E-state index in [0.29, 0.717) is 0 Å². The van der Waals surface area contributed by atoms with Crippen LogP contribution in [0.4, 0.5) is 4.39 Å². The Bertz CT molecular complexity index is 771. The quantitative estimate of drug-likeness (QED) is 0.634. The van der Waals surface area contributed by atoms with Crippen molar-refractivity contribution in [1.29, 1.82) is 0 Å². The Hall–Kier alpha value is -1.56. The van der Waals surface area contributed by atoms with Crippen LogP contribution < -0.4 is 11.2 Å². The second kappa shape index (κ2) is 5.91. The van der Waals surface area contributed by atoms with Gasteiger partial charge in [0.25, 0.3) is 15.7 Å². The molecule has 9 nitrogen and oxygen atoms in total. The number of hydrogen-bond donors (Lipinski definition) is 2. The van der Waals surface area contributed by atoms with Crippen LogP contribution in [0.3, 0.4) is 0 Å². The van der Waals surface area contributed by atoms with Crippen molar-refractivity contribution in [2.75, 3.05) is 12.9 Å². The van der Waals surface area contributed by atoms with E-state index < -0.39 is 52.6 Å². The Morgan fingerprint density at radius 3 is 2.73 bits per heavy atom. The van der Waals surface area contributed by atoms with Crippen LogP contribution in [0.1, 0.15) is 11.8 Å². The Morgan fingerprint density at radius 1 is 1.50 bits per heavy atom. The fourth-order valence-corrected chi connectivity index (χ4v) is 2.42. The molecule has 11 heteroatoms. The van der Waals surface area contributed by atoms with E-state index in [1.165, 1.54) is 6.92 Å². The van der Waals surface area contributed by atoms with Gasteiger partial charge in [-0.2, -0.15) is 8.42 Å². The van der Waals surface area contributed by atoms with Crippen LogP contribution in [0.15, 0.2) is 15.8 Å². The average Bonchev–Trinajstić information content (AvgIpc) is 2.68. The maximum Gasteiger partial charge on any atom is 0.330 e. The highest BCUT2D eigenvalue weighted by molar-refractivity contribution is 7.85. The lowest BCUT2D eigenvalue weighted by Crippen LogP contribution is -2.37. The molecule has 124 valence electrons. The van der Waals surface area contributed by atoms with Gasteiger partial charge < -0.3 is 9.84 Å². The van der Waals surface area contributed by atoms with E-state index in [2.05, 4.69) is 4.18 Å². The number of aryl methyl sites for hydroxylation is 1. The normalized spacial score (nSPS) is 28.9. The fraction of sp³-hybridized carbons (Fsp3) is 0.636. The molecule has 1 aliphatic heterocycles. The number of ether oxygens (including phenoxy) is 1. The van der Waals surface area contributed by atoms with Gasteiger partial charge in [-0.15, -0.1) is 0 Å². The molecule has 0 amide bonds. The molecular weight excluding hydrogens is 323 g/mol. The molecule has 2 unspecified atom stereocenters. The monoisotopic (exact) mass is 338 g/mol. The number of rotatable bonds is 4. The first-order chi connectivity index (χ1) is 10.1. The predicted molar refractivity (Wildman–Crippen MR) is 71.7 cm³/mol. The van der Waals surface area contributed by atoms with Crippen molar-refractivity contribution >= 4 is 10.1 Å². The minimum Gasteiger partial charge on any atom is -0.385 e. The van der Waals surface area contributed by atoms with Gasteiger partial charge in [-0.05, 0) is 6.92 Å². The van der Waals surface area contributed by atoms with Gasteiger partial charge in [0, 0.05) is 11.8 Å². The van der Waals surface area contributed by atoms with Gasteiger partial charge in [-0.3, -0.25) is 18.5 Å². The van der Waals surface area contributed by atoms with E-state index in [4.69, 9.17) is 4.74 Å². The van der Waals surface area contributed by atoms with Crippen LogP contribution in [0.5, 0.6) is 0 Å². The number of aromatic nitrogens is 2. The number of nitrogens with zero attached hydrogens (tertiary/aromatic N) is 1. The van der Waals surface area contributed by atoms with E-state index in [0.717, 1.165) is 17.0 Å². The highest BCUT2D eigenvalue weighted by Crippen LogP contribution is 2.30. The topological polar surface area (TPSA) is 128 Å². The van der Waals surface area contributed by atoms with Crippen LogP contribution in [0.25, 0.3) is 0 Å². The van der Waals surface area contributed by atoms with E-state index in [1.54, 1.807) is 0 Å². The van der Waals surface area contributed by atoms with E-state index >= 15 is 0 Å². The third-order valence-corrected chi connectivity index (χ3v) is 3.72. The van der Waals surface area contributed by atoms with Crippen molar-refractivity contribution in [3.8, 4) is 0 Å². The van der Waals surface area contributed by atoms with Gasteiger partial charge in [-0.25, -0.2) is 9.18 Å². The van der Waals surface area contributed by atoms with Crippen LogP contribution in [0, 0.1) is 6.92 Å². The van der Waals surface area contributed by atoms with Crippen molar-refractivity contribution in [2.24, 2.45) is 0 Å². The Morgan fingerprint density at radius 2 is 2.14 bits per heavy atom. The molecule has 4 atom stereocenters. The molecule has 0 aliphatic carbocycles. The van der Waals surface area contributed by atoms with Gasteiger partial charge in [-0.1, -0.05) is 0 Å². The molecule has 1 fully saturated rings. The van der Waals surface area contributed by atoms with Crippen LogP contribution in [-0.4, -0.2) is 54.3 Å². The van der Waals surface area contributed by atoms with Crippen molar-refractivity contribution in [1.82, 2.24) is 9.55 Å². The summed E-state index contributed by atoms with van der Waals surface area (Å²) in [5.74, 6) is 0. The van der Waals surface area contributed by atoms with Gasteiger partial charge >= 0.3 is 5.69 Å². The maximum absolute atomic E-state index is 14.0. The summed E-state index contributed by atoms with van der Waals surface area (Å²) in [5.41, 5.74) is -1.32. The summed E-state index contributed by atoms with van der Waals surface area (Å²) in [5, 5.41) is 9.84. The molecule has 0 radical (unpaired) electrons. The van der Waals surface area contributed by atoms with Crippen molar-refractivity contribution in [3.05, 3.63) is 32.6 Å². The van der Waals surface area contributed by atoms with Crippen LogP contribution in [0.2, 0.25) is 0 Å². The highest BCUT2D eigenvalue weighted by Gasteiger charge is 2.46. The van der Waals surface area contributed by atoms with Crippen LogP contribution >= 0.6 is 0 Å². The van der Waals surface area contributed by atoms with Gasteiger partial charge in [0.1, 0.15) is 12.2 Å². The Labute approximate surface area is 124 Å². The van der Waals surface area contributed by atoms with E-state index in [1.807, 2.05) is 4.98 Å². The summed E-state index contributed by atoms with van der Waals surface area (Å²) >= 11 is 0. The molecule has 2 rings (SSSR count). The Balaban J connectivity index is 2.25. The molecule has 1 aliphatic rings. The van der Waals surface area contributed by atoms with Gasteiger partial charge in [0.05, 0.1) is 12.9 Å². The second-order valence-electron chi connectivity index (χ2n) is 4.97. The standard InChI is InChI=1S/C11H15FN2O7S/c1-5-3-14(11(17)13-9(5)16)10-8(15)7(12)6(21-10)4-20-22(2,18)19/h3,6-8,10,15H,4H2,1-2H3,(H,13,16,17)/t6-,7?,8?,10-/m1/s1. The number of alkyl halides is 1. The van der Waals surface area contributed by atoms with Crippen molar-refractivity contribution in [3.63, 3.8) is 0 Å². The Kier molecular flexibility index (Phi) is 4.52. The fourth-order valence-electron chi connectivity index (χ4n) is 2.04. The van der Waals surface area contributed by atoms with E-state index in [9.17, 15) is 27.5 Å². The first-order valence-electron chi connectivity index (χ1n) is 6.24. The number of aliphatic hydroxyl groups is 1. The molecule has 1 aromatic rings. The third-order valence-electron chi connectivity index (χ3n) is 3.15. The third kappa shape index (κ3) is 3.43. The molecule has 1 aromatic heterocycles. The lowest BCUT2D eigenvalue weighted by Gasteiger charge is -2.17.